The second kappa shape index (κ2) is 8.93. The number of amides is 1. The summed E-state index contributed by atoms with van der Waals surface area (Å²) in [5, 5.41) is -0.264. The third-order valence-corrected chi connectivity index (χ3v) is 3.99. The summed E-state index contributed by atoms with van der Waals surface area (Å²) in [6.07, 6.45) is 2.20. The average molecular weight is 340 g/mol. The zero-order chi connectivity index (χ0) is 17.4. The molecule has 1 amide bonds. The molecule has 5 heteroatoms. The normalized spacial score (nSPS) is 11.2. The van der Waals surface area contributed by atoms with Gasteiger partial charge in [0.15, 0.2) is 12.2 Å². The summed E-state index contributed by atoms with van der Waals surface area (Å²) in [6.45, 7) is 1.86. The van der Waals surface area contributed by atoms with E-state index >= 15 is 0 Å². The van der Waals surface area contributed by atoms with Gasteiger partial charge < -0.3 is 10.2 Å². The number of nitrogens with two attached hydrogens (primary N) is 1. The van der Waals surface area contributed by atoms with Gasteiger partial charge >= 0.3 is 0 Å². The number of carbonyl (C=O) groups is 1. The molecule has 0 aliphatic heterocycles. The topological polar surface area (TPSA) is 69.1 Å². The molecule has 0 saturated carbocycles. The van der Waals surface area contributed by atoms with Crippen molar-refractivity contribution >= 4 is 18.5 Å². The lowest BCUT2D eigenvalue weighted by molar-refractivity contribution is -0.117. The second-order valence-electron chi connectivity index (χ2n) is 5.09. The van der Waals surface area contributed by atoms with Crippen molar-refractivity contribution in [2.75, 3.05) is 0 Å². The first-order chi connectivity index (χ1) is 11.6. The molecule has 4 nitrogen and oxygen atoms in total. The van der Waals surface area contributed by atoms with E-state index in [-0.39, 0.29) is 11.2 Å². The lowest BCUT2D eigenvalue weighted by Crippen LogP contribution is -2.22. The van der Waals surface area contributed by atoms with E-state index in [0.29, 0.717) is 6.42 Å². The SMILES string of the molecule is CCC(S)C(N)=O.c1ccc(-c2ncoc2-c2ccccc2)cc1. The molecule has 0 bridgehead atoms. The van der Waals surface area contributed by atoms with Gasteiger partial charge in [-0.3, -0.25) is 4.79 Å². The first-order valence-corrected chi connectivity index (χ1v) is 8.16. The van der Waals surface area contributed by atoms with Gasteiger partial charge in [0.05, 0.1) is 5.25 Å². The molecule has 0 aliphatic rings. The van der Waals surface area contributed by atoms with E-state index in [1.54, 1.807) is 0 Å². The number of nitrogens with zero attached hydrogens (tertiary/aromatic N) is 1. The van der Waals surface area contributed by atoms with Crippen molar-refractivity contribution in [3.63, 3.8) is 0 Å². The molecule has 0 saturated heterocycles. The van der Waals surface area contributed by atoms with E-state index < -0.39 is 0 Å². The standard InChI is InChI=1S/C15H11NO.C4H9NOS/c1-3-7-12(8-4-1)14-15(17-11-16-14)13-9-5-2-6-10-13;1-2-3(7)4(5)6/h1-11H;3,7H,2H2,1H3,(H2,5,6). The van der Waals surface area contributed by atoms with Crippen molar-refractivity contribution in [2.24, 2.45) is 5.73 Å². The zero-order valence-electron chi connectivity index (χ0n) is 13.4. The van der Waals surface area contributed by atoms with Crippen LogP contribution in [0.4, 0.5) is 0 Å². The van der Waals surface area contributed by atoms with Crippen LogP contribution in [0, 0.1) is 0 Å². The number of aromatic nitrogens is 1. The van der Waals surface area contributed by atoms with Crippen LogP contribution in [0.1, 0.15) is 13.3 Å². The highest BCUT2D eigenvalue weighted by atomic mass is 32.1. The number of oxazole rings is 1. The lowest BCUT2D eigenvalue weighted by Gasteiger charge is -2.00. The number of carbonyl (C=O) groups excluding carboxylic acids is 1. The van der Waals surface area contributed by atoms with Crippen LogP contribution in [0.25, 0.3) is 22.6 Å². The van der Waals surface area contributed by atoms with Crippen molar-refractivity contribution in [3.8, 4) is 22.6 Å². The molecule has 3 aromatic rings. The second-order valence-corrected chi connectivity index (χ2v) is 5.71. The Bertz CT molecular complexity index is 703. The highest BCUT2D eigenvalue weighted by Gasteiger charge is 2.11. The van der Waals surface area contributed by atoms with E-state index in [4.69, 9.17) is 10.2 Å². The van der Waals surface area contributed by atoms with E-state index in [9.17, 15) is 4.79 Å². The van der Waals surface area contributed by atoms with E-state index in [2.05, 4.69) is 17.6 Å². The Balaban J connectivity index is 0.000000256. The highest BCUT2D eigenvalue weighted by molar-refractivity contribution is 7.81. The molecule has 1 heterocycles. The number of hydrogen-bond acceptors (Lipinski definition) is 4. The number of benzene rings is 2. The summed E-state index contributed by atoms with van der Waals surface area (Å²) < 4.78 is 5.49. The van der Waals surface area contributed by atoms with Crippen molar-refractivity contribution in [1.29, 1.82) is 0 Å². The molecule has 0 fully saturated rings. The van der Waals surface area contributed by atoms with Gasteiger partial charge in [0.1, 0.15) is 5.69 Å². The minimum Gasteiger partial charge on any atom is -0.443 e. The van der Waals surface area contributed by atoms with E-state index in [1.807, 2.05) is 67.6 Å². The highest BCUT2D eigenvalue weighted by Crippen LogP contribution is 2.30. The Morgan fingerprint density at radius 1 is 1.08 bits per heavy atom. The minimum absolute atomic E-state index is 0.264. The van der Waals surface area contributed by atoms with Crippen LogP contribution in [0.15, 0.2) is 71.5 Å². The van der Waals surface area contributed by atoms with E-state index in [1.165, 1.54) is 6.39 Å². The quantitative estimate of drug-likeness (QED) is 0.700. The molecule has 1 atom stereocenters. The van der Waals surface area contributed by atoms with Gasteiger partial charge in [-0.2, -0.15) is 12.6 Å². The Morgan fingerprint density at radius 2 is 1.62 bits per heavy atom. The van der Waals surface area contributed by atoms with Crippen LogP contribution < -0.4 is 5.73 Å². The van der Waals surface area contributed by atoms with Gasteiger partial charge in [0.25, 0.3) is 0 Å². The smallest absolute Gasteiger partial charge is 0.230 e. The molecular weight excluding hydrogens is 320 g/mol. The maximum absolute atomic E-state index is 10.1. The molecule has 24 heavy (non-hydrogen) atoms. The minimum atomic E-state index is -0.342. The molecule has 1 unspecified atom stereocenters. The number of primary amides is 1. The molecule has 0 aliphatic carbocycles. The Morgan fingerprint density at radius 3 is 2.08 bits per heavy atom. The third-order valence-electron chi connectivity index (χ3n) is 3.37. The van der Waals surface area contributed by atoms with Crippen LogP contribution in [0.5, 0.6) is 0 Å². The fourth-order valence-corrected chi connectivity index (χ4v) is 2.04. The molecule has 0 radical (unpaired) electrons. The summed E-state index contributed by atoms with van der Waals surface area (Å²) in [7, 11) is 0. The Kier molecular flexibility index (Phi) is 6.63. The summed E-state index contributed by atoms with van der Waals surface area (Å²) >= 11 is 3.85. The van der Waals surface area contributed by atoms with Crippen molar-refractivity contribution in [3.05, 3.63) is 67.1 Å². The Hall–Kier alpha value is -2.53. The number of hydrogen-bond donors (Lipinski definition) is 2. The molecule has 2 aromatic carbocycles. The van der Waals surface area contributed by atoms with Crippen molar-refractivity contribution in [2.45, 2.75) is 18.6 Å². The average Bonchev–Trinajstić information content (AvgIpc) is 3.12. The van der Waals surface area contributed by atoms with Gasteiger partial charge in [-0.1, -0.05) is 67.6 Å². The third kappa shape index (κ3) is 4.73. The van der Waals surface area contributed by atoms with Gasteiger partial charge in [-0.05, 0) is 6.42 Å². The van der Waals surface area contributed by atoms with Gasteiger partial charge in [0, 0.05) is 11.1 Å². The molecule has 1 aromatic heterocycles. The molecule has 3 rings (SSSR count). The predicted octanol–water partition coefficient (Wildman–Crippen LogP) is 4.19. The number of rotatable bonds is 4. The van der Waals surface area contributed by atoms with Crippen LogP contribution >= 0.6 is 12.6 Å². The van der Waals surface area contributed by atoms with Crippen LogP contribution in [-0.4, -0.2) is 16.1 Å². The number of thiol groups is 1. The zero-order valence-corrected chi connectivity index (χ0v) is 14.3. The Labute approximate surface area is 147 Å². The van der Waals surface area contributed by atoms with Crippen molar-refractivity contribution in [1.82, 2.24) is 4.98 Å². The monoisotopic (exact) mass is 340 g/mol. The van der Waals surface area contributed by atoms with Crippen molar-refractivity contribution < 1.29 is 9.21 Å². The predicted molar refractivity (Wildman–Crippen MR) is 99.6 cm³/mol. The van der Waals surface area contributed by atoms with Crippen LogP contribution in [-0.2, 0) is 4.79 Å². The van der Waals surface area contributed by atoms with Crippen LogP contribution in [0.2, 0.25) is 0 Å². The molecule has 124 valence electrons. The first-order valence-electron chi connectivity index (χ1n) is 7.65. The maximum atomic E-state index is 10.1. The van der Waals surface area contributed by atoms with Gasteiger partial charge in [-0.15, -0.1) is 0 Å². The fraction of sp³-hybridized carbons (Fsp3) is 0.158. The van der Waals surface area contributed by atoms with Crippen LogP contribution in [0.3, 0.4) is 0 Å². The van der Waals surface area contributed by atoms with E-state index in [0.717, 1.165) is 22.6 Å². The molecule has 2 N–H and O–H groups in total. The first kappa shape index (κ1) is 17.8. The summed E-state index contributed by atoms with van der Waals surface area (Å²) in [5.74, 6) is 0.475. The fourth-order valence-electron chi connectivity index (χ4n) is 2.04. The molecule has 0 spiro atoms. The molecular formula is C19H20N2O2S. The summed E-state index contributed by atoms with van der Waals surface area (Å²) in [5.41, 5.74) is 7.83. The maximum Gasteiger partial charge on any atom is 0.230 e. The lowest BCUT2D eigenvalue weighted by atomic mass is 10.1. The largest absolute Gasteiger partial charge is 0.443 e. The van der Waals surface area contributed by atoms with Gasteiger partial charge in [-0.25, -0.2) is 4.98 Å². The van der Waals surface area contributed by atoms with Gasteiger partial charge in [0.2, 0.25) is 5.91 Å². The summed E-state index contributed by atoms with van der Waals surface area (Å²) in [4.78, 5) is 14.4. The summed E-state index contributed by atoms with van der Waals surface area (Å²) in [6, 6.07) is 20.1.